The number of hydrogen-bond acceptors (Lipinski definition) is 6. The Balaban J connectivity index is 1.81. The van der Waals surface area contributed by atoms with Crippen molar-refractivity contribution < 1.29 is 9.72 Å². The molecule has 1 amide bonds. The summed E-state index contributed by atoms with van der Waals surface area (Å²) in [4.78, 5) is 28.5. The fraction of sp³-hybridized carbons (Fsp3) is 0.105. The van der Waals surface area contributed by atoms with E-state index in [1.807, 2.05) is 0 Å². The second-order valence-electron chi connectivity index (χ2n) is 6.37. The molecule has 4 rings (SSSR count). The minimum Gasteiger partial charge on any atom is -0.328 e. The smallest absolute Gasteiger partial charge is 0.275 e. The molecule has 2 aromatic carbocycles. The average Bonchev–Trinajstić information content (AvgIpc) is 3.16. The van der Waals surface area contributed by atoms with Gasteiger partial charge < -0.3 is 10.6 Å². The van der Waals surface area contributed by atoms with Crippen LogP contribution in [0.5, 0.6) is 0 Å². The van der Waals surface area contributed by atoms with Gasteiger partial charge in [0.2, 0.25) is 5.95 Å². The molecule has 1 unspecified atom stereocenters. The van der Waals surface area contributed by atoms with Crippen LogP contribution >= 0.6 is 11.6 Å². The molecule has 0 radical (unpaired) electrons. The number of nitro groups is 1. The SMILES string of the molecule is CC1=C(C(=O)Nc2ccc(Cl)cc2)C(c2ccccc2[N+](=O)[O-])n2ncnc2N1. The van der Waals surface area contributed by atoms with Crippen molar-refractivity contribution in [1.29, 1.82) is 0 Å². The molecule has 1 aromatic heterocycles. The number of amides is 1. The first-order valence-electron chi connectivity index (χ1n) is 8.63. The second-order valence-corrected chi connectivity index (χ2v) is 6.81. The average molecular weight is 411 g/mol. The number of halogens is 1. The standard InChI is InChI=1S/C19H15ClN6O3/c1-11-16(18(27)24-13-8-6-12(20)7-9-13)17(25-19(23-11)21-10-22-25)14-4-2-3-5-15(14)26(28)29/h2-10,17H,1H3,(H,24,27)(H,21,22,23). The lowest BCUT2D eigenvalue weighted by atomic mass is 9.93. The third kappa shape index (κ3) is 3.43. The van der Waals surface area contributed by atoms with Gasteiger partial charge in [-0.05, 0) is 37.3 Å². The molecule has 0 fully saturated rings. The van der Waals surface area contributed by atoms with E-state index < -0.39 is 16.9 Å². The Morgan fingerprint density at radius 3 is 2.69 bits per heavy atom. The van der Waals surface area contributed by atoms with Crippen molar-refractivity contribution in [3.8, 4) is 0 Å². The molecule has 2 N–H and O–H groups in total. The number of benzene rings is 2. The van der Waals surface area contributed by atoms with E-state index in [0.717, 1.165) is 0 Å². The Labute approximate surface area is 170 Å². The van der Waals surface area contributed by atoms with Crippen molar-refractivity contribution in [3.63, 3.8) is 0 Å². The van der Waals surface area contributed by atoms with Gasteiger partial charge >= 0.3 is 0 Å². The third-order valence-corrected chi connectivity index (χ3v) is 4.82. The van der Waals surface area contributed by atoms with E-state index in [-0.39, 0.29) is 5.69 Å². The number of nitro benzene ring substituents is 1. The predicted octanol–water partition coefficient (Wildman–Crippen LogP) is 3.77. The summed E-state index contributed by atoms with van der Waals surface area (Å²) < 4.78 is 1.46. The van der Waals surface area contributed by atoms with Crippen LogP contribution in [0.2, 0.25) is 5.02 Å². The number of para-hydroxylation sites is 1. The molecule has 0 aliphatic carbocycles. The molecular formula is C19H15ClN6O3. The number of carbonyl (C=O) groups is 1. The van der Waals surface area contributed by atoms with E-state index in [1.54, 1.807) is 49.4 Å². The van der Waals surface area contributed by atoms with Gasteiger partial charge in [-0.1, -0.05) is 23.7 Å². The summed E-state index contributed by atoms with van der Waals surface area (Å²) in [5, 5.41) is 22.2. The lowest BCUT2D eigenvalue weighted by molar-refractivity contribution is -0.385. The van der Waals surface area contributed by atoms with Crippen molar-refractivity contribution in [2.45, 2.75) is 13.0 Å². The Kier molecular flexibility index (Phi) is 4.73. The number of carbonyl (C=O) groups excluding carboxylic acids is 1. The topological polar surface area (TPSA) is 115 Å². The molecular weight excluding hydrogens is 396 g/mol. The van der Waals surface area contributed by atoms with Gasteiger partial charge in [0.15, 0.2) is 0 Å². The molecule has 9 nitrogen and oxygen atoms in total. The zero-order chi connectivity index (χ0) is 20.5. The maximum absolute atomic E-state index is 13.2. The van der Waals surface area contributed by atoms with Gasteiger partial charge in [0.1, 0.15) is 12.4 Å². The number of nitrogens with one attached hydrogen (secondary N) is 2. The monoisotopic (exact) mass is 410 g/mol. The highest BCUT2D eigenvalue weighted by Crippen LogP contribution is 2.38. The van der Waals surface area contributed by atoms with Crippen LogP contribution < -0.4 is 10.6 Å². The van der Waals surface area contributed by atoms with Gasteiger partial charge in [0.25, 0.3) is 11.6 Å². The minimum atomic E-state index is -0.817. The number of fused-ring (bicyclic) bond motifs is 1. The number of allylic oxidation sites excluding steroid dienone is 1. The molecule has 3 aromatic rings. The van der Waals surface area contributed by atoms with Gasteiger partial charge in [0, 0.05) is 22.5 Å². The highest BCUT2D eigenvalue weighted by molar-refractivity contribution is 6.30. The highest BCUT2D eigenvalue weighted by atomic mass is 35.5. The number of anilines is 2. The van der Waals surface area contributed by atoms with Gasteiger partial charge in [-0.3, -0.25) is 14.9 Å². The van der Waals surface area contributed by atoms with Crippen LogP contribution in [0, 0.1) is 10.1 Å². The first kappa shape index (κ1) is 18.6. The summed E-state index contributed by atoms with van der Waals surface area (Å²) in [7, 11) is 0. The molecule has 0 bridgehead atoms. The van der Waals surface area contributed by atoms with Crippen molar-refractivity contribution in [2.75, 3.05) is 10.6 Å². The van der Waals surface area contributed by atoms with Crippen LogP contribution in [0.3, 0.4) is 0 Å². The maximum Gasteiger partial charge on any atom is 0.275 e. The van der Waals surface area contributed by atoms with E-state index in [0.29, 0.717) is 33.5 Å². The highest BCUT2D eigenvalue weighted by Gasteiger charge is 2.36. The normalized spacial score (nSPS) is 15.4. The molecule has 0 saturated heterocycles. The lowest BCUT2D eigenvalue weighted by Crippen LogP contribution is -2.31. The van der Waals surface area contributed by atoms with Crippen LogP contribution in [-0.2, 0) is 4.79 Å². The Morgan fingerprint density at radius 2 is 1.97 bits per heavy atom. The zero-order valence-electron chi connectivity index (χ0n) is 15.2. The molecule has 0 saturated carbocycles. The van der Waals surface area contributed by atoms with Crippen LogP contribution in [-0.4, -0.2) is 25.6 Å². The van der Waals surface area contributed by atoms with E-state index in [4.69, 9.17) is 11.6 Å². The van der Waals surface area contributed by atoms with E-state index >= 15 is 0 Å². The van der Waals surface area contributed by atoms with Gasteiger partial charge in [-0.15, -0.1) is 0 Å². The number of rotatable bonds is 4. The third-order valence-electron chi connectivity index (χ3n) is 4.57. The fourth-order valence-corrected chi connectivity index (χ4v) is 3.42. The largest absolute Gasteiger partial charge is 0.328 e. The minimum absolute atomic E-state index is 0.106. The first-order chi connectivity index (χ1) is 14.0. The molecule has 29 heavy (non-hydrogen) atoms. The van der Waals surface area contributed by atoms with Crippen LogP contribution in [0.1, 0.15) is 18.5 Å². The van der Waals surface area contributed by atoms with Crippen molar-refractivity contribution >= 4 is 34.8 Å². The van der Waals surface area contributed by atoms with Crippen LogP contribution in [0.25, 0.3) is 0 Å². The summed E-state index contributed by atoms with van der Waals surface area (Å²) >= 11 is 5.90. The summed E-state index contributed by atoms with van der Waals surface area (Å²) in [6, 6.07) is 12.1. The Hall–Kier alpha value is -3.72. The first-order valence-corrected chi connectivity index (χ1v) is 9.01. The molecule has 146 valence electrons. The van der Waals surface area contributed by atoms with E-state index in [2.05, 4.69) is 20.7 Å². The summed E-state index contributed by atoms with van der Waals surface area (Å²) in [5.74, 6) is -0.0182. The maximum atomic E-state index is 13.2. The number of aromatic nitrogens is 3. The molecule has 10 heteroatoms. The molecule has 2 heterocycles. The predicted molar refractivity (Wildman–Crippen MR) is 108 cm³/mol. The number of hydrogen-bond donors (Lipinski definition) is 2. The fourth-order valence-electron chi connectivity index (χ4n) is 3.29. The second kappa shape index (κ2) is 7.36. The van der Waals surface area contributed by atoms with E-state index in [9.17, 15) is 14.9 Å². The lowest BCUT2D eigenvalue weighted by Gasteiger charge is -2.28. The Morgan fingerprint density at radius 1 is 1.24 bits per heavy atom. The molecule has 1 atom stereocenters. The molecule has 0 spiro atoms. The summed E-state index contributed by atoms with van der Waals surface area (Å²) in [6.45, 7) is 1.72. The van der Waals surface area contributed by atoms with Gasteiger partial charge in [-0.25, -0.2) is 4.68 Å². The van der Waals surface area contributed by atoms with Crippen LogP contribution in [0.4, 0.5) is 17.3 Å². The van der Waals surface area contributed by atoms with Crippen molar-refractivity contribution in [3.05, 3.63) is 86.8 Å². The molecule has 1 aliphatic rings. The summed E-state index contributed by atoms with van der Waals surface area (Å²) in [5.41, 5.74) is 1.61. The van der Waals surface area contributed by atoms with Crippen molar-refractivity contribution in [1.82, 2.24) is 14.8 Å². The Bertz CT molecular complexity index is 1140. The van der Waals surface area contributed by atoms with Gasteiger partial charge in [0.05, 0.1) is 16.1 Å². The summed E-state index contributed by atoms with van der Waals surface area (Å²) in [6.07, 6.45) is 1.33. The van der Waals surface area contributed by atoms with Crippen LogP contribution in [0.15, 0.2) is 66.1 Å². The molecule has 1 aliphatic heterocycles. The zero-order valence-corrected chi connectivity index (χ0v) is 15.9. The van der Waals surface area contributed by atoms with Crippen molar-refractivity contribution in [2.24, 2.45) is 0 Å². The van der Waals surface area contributed by atoms with E-state index in [1.165, 1.54) is 17.1 Å². The van der Waals surface area contributed by atoms with Gasteiger partial charge in [-0.2, -0.15) is 10.1 Å². The quantitative estimate of drug-likeness (QED) is 0.499. The number of nitrogens with zero attached hydrogens (tertiary/aromatic N) is 4.